The quantitative estimate of drug-likeness (QED) is 0.0733. The minimum atomic E-state index is -0.558. The van der Waals surface area contributed by atoms with Gasteiger partial charge in [0.25, 0.3) is 34.7 Å². The number of nitrogens with zero attached hydrogens (tertiary/aromatic N) is 12. The largest absolute Gasteiger partial charge is 0 e. The van der Waals surface area contributed by atoms with Gasteiger partial charge in [0.1, 0.15) is 36.5 Å². The summed E-state index contributed by atoms with van der Waals surface area (Å²) in [6.45, 7) is 1.66. The summed E-state index contributed by atoms with van der Waals surface area (Å²) in [5, 5.41) is 8.24. The minimum absolute atomic E-state index is 0. The molecule has 1 radical (unpaired) electrons. The van der Waals surface area contributed by atoms with Gasteiger partial charge >= 0.3 is 61.6 Å². The second-order valence-electron chi connectivity index (χ2n) is 14.8. The number of pyridine rings is 2. The average Bonchev–Trinajstić information content (AvgIpc) is 3.96. The summed E-state index contributed by atoms with van der Waals surface area (Å²) >= 11 is 4.74. The number of rotatable bonds is 12. The molecule has 4 amide bonds. The summed E-state index contributed by atoms with van der Waals surface area (Å²) < 4.78 is 34.1. The van der Waals surface area contributed by atoms with Crippen LogP contribution in [-0.4, -0.2) is 151 Å². The molecule has 29 nitrogen and oxygen atoms in total. The van der Waals surface area contributed by atoms with Crippen LogP contribution in [0.3, 0.4) is 0 Å². The normalized spacial score (nSPS) is 15.6. The minimum Gasteiger partial charge on any atom is 0 e. The molecule has 2 fully saturated rings. The molecule has 4 aliphatic heterocycles. The Balaban J connectivity index is 0.000000252. The third-order valence-electron chi connectivity index (χ3n) is 9.99. The molecular weight excluding hydrogens is 1330 g/mol. The summed E-state index contributed by atoms with van der Waals surface area (Å²) in [4.78, 5) is 116. The van der Waals surface area contributed by atoms with E-state index in [0.717, 1.165) is 0 Å². The number of amides is 4. The van der Waals surface area contributed by atoms with Gasteiger partial charge in [-0.25, -0.2) is 39.5 Å². The zero-order valence-electron chi connectivity index (χ0n) is 39.1. The second kappa shape index (κ2) is 29.6. The molecule has 4 aliphatic rings. The molecule has 0 spiro atoms. The molecule has 35 heteroatoms. The van der Waals surface area contributed by atoms with Gasteiger partial charge in [0.15, 0.2) is 54.1 Å². The Morgan fingerprint density at radius 3 is 1.80 bits per heavy atom. The number of anilines is 4. The summed E-state index contributed by atoms with van der Waals surface area (Å²) in [6, 6.07) is 6.33. The van der Waals surface area contributed by atoms with Gasteiger partial charge in [-0.2, -0.15) is 37.0 Å². The number of fused-ring (bicyclic) bond motifs is 4. The fourth-order valence-electron chi connectivity index (χ4n) is 6.57. The van der Waals surface area contributed by atoms with Crippen molar-refractivity contribution in [3.8, 4) is 23.5 Å². The number of aromatic nitrogens is 10. The van der Waals surface area contributed by atoms with Gasteiger partial charge in [-0.3, -0.25) is 42.9 Å². The van der Waals surface area contributed by atoms with Crippen LogP contribution >= 0.6 is 66.9 Å². The van der Waals surface area contributed by atoms with Crippen LogP contribution in [0.2, 0.25) is 0 Å². The zero-order valence-corrected chi connectivity index (χ0v) is 48.2. The van der Waals surface area contributed by atoms with Crippen molar-refractivity contribution >= 4 is 143 Å². The maximum absolute atomic E-state index is 12.3. The number of carbonyl (C=O) groups is 5. The molecule has 6 aromatic heterocycles. The number of aldehydes is 1. The van der Waals surface area contributed by atoms with Crippen molar-refractivity contribution in [2.45, 2.75) is 12.2 Å². The van der Waals surface area contributed by atoms with E-state index in [2.05, 4.69) is 95.8 Å². The van der Waals surface area contributed by atoms with Crippen LogP contribution in [0, 0.1) is 0 Å². The molecule has 0 bridgehead atoms. The maximum Gasteiger partial charge on any atom is 0 e. The van der Waals surface area contributed by atoms with Crippen molar-refractivity contribution in [2.24, 2.45) is 19.8 Å². The van der Waals surface area contributed by atoms with Crippen LogP contribution in [0.1, 0.15) is 0 Å². The Bertz CT molecular complexity index is 3140. The fourth-order valence-corrected chi connectivity index (χ4v) is 6.57. The van der Waals surface area contributed by atoms with E-state index in [9.17, 15) is 33.6 Å². The van der Waals surface area contributed by atoms with Crippen molar-refractivity contribution in [1.82, 2.24) is 54.3 Å². The van der Waals surface area contributed by atoms with Crippen LogP contribution in [-0.2, 0) is 66.0 Å². The third-order valence-corrected chi connectivity index (χ3v) is 9.99. The first-order valence-corrected chi connectivity index (χ1v) is 30.0. The second-order valence-corrected chi connectivity index (χ2v) is 26.6. The number of hydrogen-bond acceptors (Lipinski definition) is 23. The third kappa shape index (κ3) is 16.2. The molecule has 10 rings (SSSR count). The number of halogens is 2. The van der Waals surface area contributed by atoms with Gasteiger partial charge in [0.05, 0.1) is 37.9 Å². The van der Waals surface area contributed by atoms with Crippen LogP contribution < -0.4 is 61.5 Å². The zero-order chi connectivity index (χ0) is 51.3. The Kier molecular flexibility index (Phi) is 24.4. The van der Waals surface area contributed by atoms with E-state index in [4.69, 9.17) is 34.2 Å². The molecule has 0 aliphatic carbocycles. The van der Waals surface area contributed by atoms with Crippen LogP contribution in [0.5, 0.6) is 23.5 Å². The molecule has 6 aromatic rings. The maximum atomic E-state index is 12.3. The molecule has 2 saturated heterocycles. The predicted molar refractivity (Wildman–Crippen MR) is 285 cm³/mol. The Morgan fingerprint density at radius 1 is 0.720 bits per heavy atom. The first kappa shape index (κ1) is 61.9. The molecule has 0 unspecified atom stereocenters. The standard InChI is InChI=1S/C20H20N8O6.C10H11N5O4.C10H9N3O3.2HI.2H2S.2V/c1-27-16(30)3-2-12-18(27)26-15(8-22-12)32-5-4-21-6-11-9-28(20(31)34-11)13-7-23-19-17(24-13)25-14(29)10-33-19;11-1-5-3-15(10(17)19-5)6-2-12-9-8(13-6)14-7(16)4-18-9;1-13-9(15)6-11-7-2-3-8(12-10(7)13)16-5-4-14;;;;;;/h2-3,7-8,11,21H,4-6,9-10H2,1H3,(H,24,25,29);2,5H,1,3-4,11H2,(H,13,14,16);2-4,6H,5H2,1H3;2*1H;2*1H2;;/q;;;;;;;;+2/p-2/t11-;5-;;;;;;;/m00......./s1. The molecule has 2 atom stereocenters. The van der Waals surface area contributed by atoms with E-state index in [1.54, 1.807) is 32.3 Å². The van der Waals surface area contributed by atoms with E-state index in [-0.39, 0.29) is 143 Å². The van der Waals surface area contributed by atoms with Gasteiger partial charge in [0, 0.05) is 64.4 Å². The number of cyclic esters (lactones) is 2. The molecular formula is C40H44I2N16O13S2V2. The molecule has 10 heterocycles. The summed E-state index contributed by atoms with van der Waals surface area (Å²) in [6.07, 6.45) is 4.27. The number of nitrogens with two attached hydrogens (primary N) is 1. The van der Waals surface area contributed by atoms with E-state index in [1.807, 2.05) is 0 Å². The Hall–Kier alpha value is -5.66. The molecule has 0 saturated carbocycles. The van der Waals surface area contributed by atoms with E-state index in [1.165, 1.54) is 49.8 Å². The van der Waals surface area contributed by atoms with Gasteiger partial charge in [-0.1, -0.05) is 0 Å². The van der Waals surface area contributed by atoms with E-state index >= 15 is 0 Å². The van der Waals surface area contributed by atoms with Crippen molar-refractivity contribution < 1.29 is 80.4 Å². The Morgan fingerprint density at radius 2 is 1.24 bits per heavy atom. The van der Waals surface area contributed by atoms with Crippen molar-refractivity contribution in [2.75, 3.05) is 79.6 Å². The van der Waals surface area contributed by atoms with Gasteiger partial charge in [-0.05, 0) is 12.1 Å². The van der Waals surface area contributed by atoms with E-state index < -0.39 is 18.3 Å². The molecule has 398 valence electrons. The topological polar surface area (TPSA) is 356 Å². The smallest absolute Gasteiger partial charge is 0 e. The van der Waals surface area contributed by atoms with Gasteiger partial charge in [-0.15, -0.1) is 0 Å². The summed E-state index contributed by atoms with van der Waals surface area (Å²) in [7, 11) is 3.85. The fraction of sp³-hybridized carbons (Fsp3) is 0.325. The summed E-state index contributed by atoms with van der Waals surface area (Å²) in [5.41, 5.74) is 7.08. The van der Waals surface area contributed by atoms with Crippen LogP contribution in [0.25, 0.3) is 22.3 Å². The first-order valence-electron chi connectivity index (χ1n) is 21.0. The number of nitrogens with one attached hydrogen (secondary N) is 3. The predicted octanol–water partition coefficient (Wildman–Crippen LogP) is 0.433. The number of hydrogen-bond donors (Lipinski definition) is 4. The molecule has 75 heavy (non-hydrogen) atoms. The first-order chi connectivity index (χ1) is 34.8. The van der Waals surface area contributed by atoms with Crippen LogP contribution in [0.4, 0.5) is 32.9 Å². The molecule has 5 N–H and O–H groups in total. The average molecular weight is 1380 g/mol. The SMILES string of the molecule is Cn1c(=O)ccc2ncc(OCCNC[C@H]3CN(c4cnc5c(n4)NC(=O)CO5)C(=O)O3)nc21.Cn1c(=O)cnc2ccc(OCC=O)nc21.NC[C@H]1CN(c2cnc3c(n2)NC(=O)CO3)C(=O)O1.S.S.[I][V][I].[V]. The van der Waals surface area contributed by atoms with Gasteiger partial charge < -0.3 is 50.1 Å². The van der Waals surface area contributed by atoms with Gasteiger partial charge in [0.2, 0.25) is 11.8 Å². The Labute approximate surface area is 478 Å². The van der Waals surface area contributed by atoms with Crippen LogP contribution in [0.15, 0.2) is 58.6 Å². The van der Waals surface area contributed by atoms with Crippen molar-refractivity contribution in [3.05, 3.63) is 69.8 Å². The number of ether oxygens (including phenoxy) is 6. The monoisotopic (exact) mass is 1380 g/mol. The summed E-state index contributed by atoms with van der Waals surface area (Å²) in [5.74, 6) is 1.26. The number of aryl methyl sites for hydroxylation is 2. The van der Waals surface area contributed by atoms with Crippen molar-refractivity contribution in [3.63, 3.8) is 0 Å². The number of carbonyl (C=O) groups excluding carboxylic acids is 5. The van der Waals surface area contributed by atoms with Crippen molar-refractivity contribution in [1.29, 1.82) is 0 Å². The molecule has 0 aromatic carbocycles. The van der Waals surface area contributed by atoms with E-state index in [0.29, 0.717) is 76.1 Å².